The van der Waals surface area contributed by atoms with Crippen LogP contribution in [0.15, 0.2) is 81.6 Å². The second-order valence-corrected chi connectivity index (χ2v) is 10.9. The fourth-order valence-electron chi connectivity index (χ4n) is 4.72. The maximum absolute atomic E-state index is 13.3. The van der Waals surface area contributed by atoms with E-state index in [1.807, 2.05) is 61.5 Å². The van der Waals surface area contributed by atoms with E-state index in [9.17, 15) is 14.9 Å². The van der Waals surface area contributed by atoms with Crippen LogP contribution < -0.4 is 16.0 Å². The number of nitrogens with zero attached hydrogens (tertiary/aromatic N) is 4. The van der Waals surface area contributed by atoms with Crippen LogP contribution in [-0.2, 0) is 9.59 Å². The van der Waals surface area contributed by atoms with Gasteiger partial charge in [0, 0.05) is 23.4 Å². The van der Waals surface area contributed by atoms with Gasteiger partial charge in [0.1, 0.15) is 5.82 Å². The fraction of sp³-hybridized carbons (Fsp3) is 0.222. The third kappa shape index (κ3) is 4.88. The number of nitrogens with one attached hydrogen (secondary N) is 1. The van der Waals surface area contributed by atoms with Crippen molar-refractivity contribution in [3.05, 3.63) is 88.4 Å². The number of anilines is 2. The largest absolute Gasteiger partial charge is 0.384 e. The maximum Gasteiger partial charge on any atom is 0.234 e. The lowest BCUT2D eigenvalue weighted by atomic mass is 9.75. The molecule has 1 amide bonds. The molecule has 37 heavy (non-hydrogen) atoms. The molecule has 3 aromatic rings. The van der Waals surface area contributed by atoms with Gasteiger partial charge in [-0.1, -0.05) is 65.6 Å². The lowest BCUT2D eigenvalue weighted by molar-refractivity contribution is -0.116. The Bertz CT molecular complexity index is 1470. The molecule has 3 N–H and O–H groups in total. The molecule has 5 rings (SSSR count). The van der Waals surface area contributed by atoms with E-state index in [1.54, 1.807) is 4.90 Å². The molecule has 0 spiro atoms. The molecule has 2 aliphatic rings. The van der Waals surface area contributed by atoms with Crippen LogP contribution in [0.2, 0.25) is 0 Å². The summed E-state index contributed by atoms with van der Waals surface area (Å²) in [6.45, 7) is 1.97. The van der Waals surface area contributed by atoms with Crippen molar-refractivity contribution < 1.29 is 9.59 Å². The van der Waals surface area contributed by atoms with Gasteiger partial charge in [-0.2, -0.15) is 5.26 Å². The summed E-state index contributed by atoms with van der Waals surface area (Å²) in [7, 11) is 0. The van der Waals surface area contributed by atoms with E-state index in [2.05, 4.69) is 21.6 Å². The van der Waals surface area contributed by atoms with E-state index in [-0.39, 0.29) is 23.3 Å². The third-order valence-corrected chi connectivity index (χ3v) is 8.43. The molecular weight excluding hydrogens is 504 g/mol. The molecule has 1 unspecified atom stereocenters. The zero-order valence-corrected chi connectivity index (χ0v) is 21.7. The van der Waals surface area contributed by atoms with Gasteiger partial charge in [0.25, 0.3) is 0 Å². The first-order valence-electron chi connectivity index (χ1n) is 11.8. The van der Waals surface area contributed by atoms with Crippen molar-refractivity contribution in [1.29, 1.82) is 5.26 Å². The van der Waals surface area contributed by atoms with Crippen molar-refractivity contribution in [1.82, 2.24) is 10.2 Å². The van der Waals surface area contributed by atoms with Gasteiger partial charge >= 0.3 is 0 Å². The van der Waals surface area contributed by atoms with Gasteiger partial charge in [0.15, 0.2) is 10.1 Å². The number of amides is 1. The smallest absolute Gasteiger partial charge is 0.234 e. The van der Waals surface area contributed by atoms with Crippen LogP contribution in [0.1, 0.15) is 36.3 Å². The number of allylic oxidation sites excluding steroid dienone is 3. The minimum Gasteiger partial charge on any atom is -0.384 e. The van der Waals surface area contributed by atoms with E-state index in [0.29, 0.717) is 39.9 Å². The van der Waals surface area contributed by atoms with Crippen molar-refractivity contribution in [3.8, 4) is 6.07 Å². The Hall–Kier alpha value is -3.94. The Labute approximate surface area is 222 Å². The van der Waals surface area contributed by atoms with Gasteiger partial charge in [-0.25, -0.2) is 0 Å². The highest BCUT2D eigenvalue weighted by Crippen LogP contribution is 2.47. The Morgan fingerprint density at radius 2 is 1.95 bits per heavy atom. The molecule has 1 aromatic heterocycles. The molecule has 0 saturated carbocycles. The van der Waals surface area contributed by atoms with Crippen LogP contribution >= 0.6 is 23.1 Å². The standard InChI is InChI=1S/C27H24N6O2S2/c1-16-8-5-6-11-18(16)23-19(14-28)25(29)33(20-12-7-13-21(34)24(20)23)26-31-32-27(37-26)36-15-22(35)30-17-9-3-2-4-10-17/h2-6,8-11,23H,7,12-13,15,29H2,1H3,(H,30,35). The molecule has 0 fully saturated rings. The van der Waals surface area contributed by atoms with Crippen molar-refractivity contribution >= 4 is 45.6 Å². The number of hydrogen-bond donors (Lipinski definition) is 2. The van der Waals surface area contributed by atoms with Crippen LogP contribution in [0.4, 0.5) is 10.8 Å². The Balaban J connectivity index is 1.45. The number of aryl methyl sites for hydroxylation is 1. The minimum absolute atomic E-state index is 0.0245. The molecule has 1 aliphatic heterocycles. The monoisotopic (exact) mass is 528 g/mol. The van der Waals surface area contributed by atoms with Crippen LogP contribution in [0.5, 0.6) is 0 Å². The normalized spacial score (nSPS) is 17.5. The second-order valence-electron chi connectivity index (χ2n) is 8.73. The summed E-state index contributed by atoms with van der Waals surface area (Å²) in [5.41, 5.74) is 11.0. The van der Waals surface area contributed by atoms with E-state index in [4.69, 9.17) is 5.73 Å². The van der Waals surface area contributed by atoms with Crippen LogP contribution in [0, 0.1) is 18.3 Å². The number of para-hydroxylation sites is 1. The van der Waals surface area contributed by atoms with Gasteiger partial charge in [-0.05, 0) is 43.0 Å². The SMILES string of the molecule is Cc1ccccc1C1C(C#N)=C(N)N(c2nnc(SCC(=O)Nc3ccccc3)s2)C2=C1C(=O)CCC2. The number of nitriles is 1. The highest BCUT2D eigenvalue weighted by molar-refractivity contribution is 8.01. The van der Waals surface area contributed by atoms with E-state index in [0.717, 1.165) is 22.5 Å². The number of nitrogens with two attached hydrogens (primary N) is 1. The summed E-state index contributed by atoms with van der Waals surface area (Å²) in [4.78, 5) is 27.3. The Kier molecular flexibility index (Phi) is 7.08. The van der Waals surface area contributed by atoms with Gasteiger partial charge in [0.2, 0.25) is 11.0 Å². The summed E-state index contributed by atoms with van der Waals surface area (Å²) in [5.74, 6) is -0.204. The average molecular weight is 529 g/mol. The number of Topliss-reactive ketones (excluding diaryl/α,β-unsaturated/α-hetero) is 1. The van der Waals surface area contributed by atoms with Gasteiger partial charge in [-0.3, -0.25) is 14.5 Å². The first kappa shape index (κ1) is 24.7. The lowest BCUT2D eigenvalue weighted by Crippen LogP contribution is -2.38. The van der Waals surface area contributed by atoms with Crippen LogP contribution in [0.25, 0.3) is 0 Å². The quantitative estimate of drug-likeness (QED) is 0.434. The third-order valence-electron chi connectivity index (χ3n) is 6.38. The molecular formula is C27H24N6O2S2. The Morgan fingerprint density at radius 1 is 1.19 bits per heavy atom. The first-order valence-corrected chi connectivity index (χ1v) is 13.6. The number of rotatable bonds is 6. The Morgan fingerprint density at radius 3 is 2.70 bits per heavy atom. The highest BCUT2D eigenvalue weighted by Gasteiger charge is 2.41. The summed E-state index contributed by atoms with van der Waals surface area (Å²) in [5, 5.41) is 22.1. The highest BCUT2D eigenvalue weighted by atomic mass is 32.2. The van der Waals surface area contributed by atoms with Crippen molar-refractivity contribution in [2.75, 3.05) is 16.0 Å². The number of benzene rings is 2. The summed E-state index contributed by atoms with van der Waals surface area (Å²) in [6, 6.07) is 19.3. The number of carbonyl (C=O) groups excluding carboxylic acids is 2. The van der Waals surface area contributed by atoms with Gasteiger partial charge in [-0.15, -0.1) is 10.2 Å². The predicted octanol–water partition coefficient (Wildman–Crippen LogP) is 4.88. The number of ketones is 1. The van der Waals surface area contributed by atoms with Crippen LogP contribution in [-0.4, -0.2) is 27.6 Å². The molecule has 0 radical (unpaired) electrons. The number of carbonyl (C=O) groups is 2. The molecule has 0 saturated heterocycles. The summed E-state index contributed by atoms with van der Waals surface area (Å²) >= 11 is 2.55. The molecule has 0 bridgehead atoms. The number of hydrogen-bond acceptors (Lipinski definition) is 9. The fourth-order valence-corrected chi connectivity index (χ4v) is 6.40. The summed E-state index contributed by atoms with van der Waals surface area (Å²) in [6.07, 6.45) is 1.77. The number of thioether (sulfide) groups is 1. The van der Waals surface area contributed by atoms with Gasteiger partial charge in [0.05, 0.1) is 23.3 Å². The van der Waals surface area contributed by atoms with Crippen molar-refractivity contribution in [2.45, 2.75) is 36.4 Å². The minimum atomic E-state index is -0.506. The first-order chi connectivity index (χ1) is 18.0. The molecule has 1 aliphatic carbocycles. The van der Waals surface area contributed by atoms with Gasteiger partial charge < -0.3 is 11.1 Å². The molecule has 10 heteroatoms. The van der Waals surface area contributed by atoms with Crippen molar-refractivity contribution in [3.63, 3.8) is 0 Å². The van der Waals surface area contributed by atoms with E-state index < -0.39 is 5.92 Å². The molecule has 2 aromatic carbocycles. The molecule has 1 atom stereocenters. The average Bonchev–Trinajstić information content (AvgIpc) is 3.36. The number of aromatic nitrogens is 2. The molecule has 2 heterocycles. The van der Waals surface area contributed by atoms with Crippen LogP contribution in [0.3, 0.4) is 0 Å². The molecule has 8 nitrogen and oxygen atoms in total. The topological polar surface area (TPSA) is 125 Å². The maximum atomic E-state index is 13.3. The zero-order chi connectivity index (χ0) is 25.9. The van der Waals surface area contributed by atoms with E-state index in [1.165, 1.54) is 23.1 Å². The summed E-state index contributed by atoms with van der Waals surface area (Å²) < 4.78 is 0.592. The van der Waals surface area contributed by atoms with E-state index >= 15 is 0 Å². The van der Waals surface area contributed by atoms with Crippen molar-refractivity contribution in [2.24, 2.45) is 5.73 Å². The second kappa shape index (κ2) is 10.6. The molecule has 186 valence electrons. The zero-order valence-electron chi connectivity index (χ0n) is 20.1. The predicted molar refractivity (Wildman–Crippen MR) is 145 cm³/mol. The lowest BCUT2D eigenvalue weighted by Gasteiger charge is -2.38.